The van der Waals surface area contributed by atoms with Crippen molar-refractivity contribution in [3.8, 4) is 17.8 Å². The number of nitriles is 1. The number of methoxy groups -OCH3 is 1. The molecule has 7 rings (SSSR count). The molecule has 1 aliphatic heterocycles. The Morgan fingerprint density at radius 2 is 1.30 bits per heavy atom. The number of aromatic nitrogens is 4. The monoisotopic (exact) mass is 1250 g/mol. The Kier molecular flexibility index (Phi) is 23.9. The summed E-state index contributed by atoms with van der Waals surface area (Å²) in [6.07, 6.45) is -5.96. The number of anilines is 2. The van der Waals surface area contributed by atoms with Gasteiger partial charge in [-0.25, -0.2) is 46.8 Å². The number of isothiocyanates is 1. The zero-order valence-corrected chi connectivity index (χ0v) is 52.4. The Bertz CT molecular complexity index is 3710. The summed E-state index contributed by atoms with van der Waals surface area (Å²) in [5.41, 5.74) is -1.17. The van der Waals surface area contributed by atoms with Gasteiger partial charge < -0.3 is 38.5 Å². The van der Waals surface area contributed by atoms with Gasteiger partial charge in [0.15, 0.2) is 5.69 Å². The summed E-state index contributed by atoms with van der Waals surface area (Å²) in [7, 11) is 1.34. The van der Waals surface area contributed by atoms with Crippen LogP contribution in [-0.4, -0.2) is 105 Å². The van der Waals surface area contributed by atoms with Gasteiger partial charge >= 0.3 is 18.3 Å². The van der Waals surface area contributed by atoms with E-state index in [-0.39, 0.29) is 77.4 Å². The zero-order chi connectivity index (χ0) is 65.5. The fraction of sp³-hybridized carbons (Fsp3) is 0.419. The van der Waals surface area contributed by atoms with Crippen LogP contribution in [0.25, 0.3) is 26.7 Å². The van der Waals surface area contributed by atoms with E-state index in [0.717, 1.165) is 12.1 Å². The Labute approximate surface area is 517 Å². The van der Waals surface area contributed by atoms with E-state index in [1.165, 1.54) is 36.3 Å². The van der Waals surface area contributed by atoms with Gasteiger partial charge in [0.1, 0.15) is 54.8 Å². The number of thiocarbonyl (C=S) groups is 2. The van der Waals surface area contributed by atoms with Crippen molar-refractivity contribution in [2.75, 3.05) is 43.8 Å². The Hall–Kier alpha value is -8.97. The molecule has 1 fully saturated rings. The number of benzene rings is 4. The molecule has 6 aromatic rings. The van der Waals surface area contributed by atoms with E-state index in [1.807, 2.05) is 38.1 Å². The highest BCUT2D eigenvalue weighted by molar-refractivity contribution is 7.80. The van der Waals surface area contributed by atoms with Crippen LogP contribution in [0, 0.1) is 23.3 Å². The van der Waals surface area contributed by atoms with Crippen molar-refractivity contribution in [3.05, 3.63) is 118 Å². The summed E-state index contributed by atoms with van der Waals surface area (Å²) >= 11 is 10.1. The molecule has 1 saturated heterocycles. The van der Waals surface area contributed by atoms with Gasteiger partial charge in [0.25, 0.3) is 12.9 Å². The molecule has 1 N–H and O–H groups in total. The van der Waals surface area contributed by atoms with Crippen molar-refractivity contribution in [3.63, 3.8) is 0 Å². The maximum atomic E-state index is 13.7. The molecule has 0 aliphatic carbocycles. The number of rotatable bonds is 18. The first-order valence-corrected chi connectivity index (χ1v) is 28.2. The van der Waals surface area contributed by atoms with E-state index in [1.54, 1.807) is 87.4 Å². The quantitative estimate of drug-likeness (QED) is 0.0160. The van der Waals surface area contributed by atoms with Crippen LogP contribution < -0.4 is 19.7 Å². The summed E-state index contributed by atoms with van der Waals surface area (Å²) < 4.78 is 89.1. The number of halogens is 4. The molecule has 0 bridgehead atoms. The van der Waals surface area contributed by atoms with Crippen LogP contribution >= 0.6 is 24.4 Å². The minimum absolute atomic E-state index is 0.00347. The highest BCUT2D eigenvalue weighted by Gasteiger charge is 2.52. The summed E-state index contributed by atoms with van der Waals surface area (Å²) in [5, 5.41) is 15.7. The molecule has 1 aliphatic rings. The molecule has 26 heteroatoms. The smallest absolute Gasteiger partial charge is 0.474 e. The van der Waals surface area contributed by atoms with Gasteiger partial charge in [-0.15, -0.1) is 0 Å². The molecule has 1 atom stereocenters. The van der Waals surface area contributed by atoms with Gasteiger partial charge in [-0.05, 0) is 148 Å². The summed E-state index contributed by atoms with van der Waals surface area (Å²) in [4.78, 5) is 75.3. The van der Waals surface area contributed by atoms with Crippen molar-refractivity contribution >= 4 is 103 Å². The number of hydrogen-bond donors (Lipinski definition) is 1. The number of esters is 1. The SMILES string of the molecule is CCc1nc(OCCOC(=O)OC(C)(C)C)c2cc(C3C(=S)N(c4ccc(C#N)c(C(F)F)c4)C(=O)C3(C)C)ccc2n1.CCc1nc(OCCOC(=O)OC(C)(C)C)c2cc(NC(C)(C)C(=O)OC)ccc2n1.[C-]#[N+]c1ccc(N=C=S)cc1C(F)F. The predicted molar refractivity (Wildman–Crippen MR) is 328 cm³/mol. The molecule has 88 heavy (non-hydrogen) atoms. The van der Waals surface area contributed by atoms with Gasteiger partial charge in [-0.2, -0.15) is 20.2 Å². The van der Waals surface area contributed by atoms with Gasteiger partial charge in [-0.3, -0.25) is 9.69 Å². The van der Waals surface area contributed by atoms with E-state index in [2.05, 4.69) is 52.5 Å². The first kappa shape index (κ1) is 69.8. The Balaban J connectivity index is 0.000000272. The first-order chi connectivity index (χ1) is 41.3. The largest absolute Gasteiger partial charge is 0.508 e. The number of aryl methyl sites for hydroxylation is 2. The average molecular weight is 1250 g/mol. The number of nitrogens with zero attached hydrogens (tertiary/aromatic N) is 8. The van der Waals surface area contributed by atoms with Crippen molar-refractivity contribution < 1.29 is 69.9 Å². The molecule has 2 aromatic heterocycles. The van der Waals surface area contributed by atoms with Crippen molar-refractivity contribution in [2.24, 2.45) is 10.4 Å². The van der Waals surface area contributed by atoms with E-state index in [9.17, 15) is 42.0 Å². The van der Waals surface area contributed by atoms with E-state index < -0.39 is 58.8 Å². The summed E-state index contributed by atoms with van der Waals surface area (Å²) in [6.45, 7) is 28.0. The van der Waals surface area contributed by atoms with E-state index in [4.69, 9.17) is 51.9 Å². The van der Waals surface area contributed by atoms with Crippen LogP contribution in [0.2, 0.25) is 0 Å². The third-order valence-electron chi connectivity index (χ3n) is 12.6. The lowest BCUT2D eigenvalue weighted by atomic mass is 9.77. The summed E-state index contributed by atoms with van der Waals surface area (Å²) in [5.74, 6) is 0.480. The molecule has 20 nitrogen and oxygen atoms in total. The average Bonchev–Trinajstić information content (AvgIpc) is 1.95. The first-order valence-electron chi connectivity index (χ1n) is 27.3. The number of nitrogens with one attached hydrogen (secondary N) is 1. The van der Waals surface area contributed by atoms with Gasteiger partial charge in [0.05, 0.1) is 68.4 Å². The lowest BCUT2D eigenvalue weighted by molar-refractivity contribution is -0.144. The predicted octanol–water partition coefficient (Wildman–Crippen LogP) is 14.6. The number of aliphatic imine (C=N–C) groups is 1. The molecule has 1 unspecified atom stereocenters. The highest BCUT2D eigenvalue weighted by atomic mass is 32.1. The molecular formula is C62H67F4N9O11S2. The number of amides is 1. The standard InChI is InChI=1S/C31H32F2N4O5S.C22H31N3O6.C9H4F2N2S/c1-7-23-35-22-11-9-17(14-21(22)26(36-23)40-12-13-41-29(39)42-30(2,3)4)24-27(43)37(28(38)31(24,5)6)19-10-8-18(16-34)20(15-19)25(32)33;1-8-17-23-16-10-9-14(25-22(5,6)19(26)28-7)13-15(16)18(24-17)29-11-12-30-20(27)31-21(2,3)4;1-12-8-3-2-6(13-5-14)4-7(8)9(10)11/h8-11,14-15,24-25H,7,12-13H2,1-6H3;9-10,13,25H,8,11-12H2,1-7H3;2-4,9H. The molecule has 0 spiro atoms. The third-order valence-corrected chi connectivity index (χ3v) is 13.1. The van der Waals surface area contributed by atoms with Crippen LogP contribution in [-0.2, 0) is 46.1 Å². The van der Waals surface area contributed by atoms with Crippen molar-refractivity contribution in [2.45, 2.75) is 131 Å². The second-order valence-electron chi connectivity index (χ2n) is 22.3. The topological polar surface area (TPSA) is 240 Å². The zero-order valence-electron chi connectivity index (χ0n) is 50.8. The van der Waals surface area contributed by atoms with Crippen molar-refractivity contribution in [1.82, 2.24) is 19.9 Å². The third kappa shape index (κ3) is 18.5. The van der Waals surface area contributed by atoms with Crippen molar-refractivity contribution in [1.29, 1.82) is 5.26 Å². The van der Waals surface area contributed by atoms with Gasteiger partial charge in [-0.1, -0.05) is 38.2 Å². The number of hydrogen-bond acceptors (Lipinski definition) is 20. The molecule has 1 amide bonds. The molecule has 3 heterocycles. The summed E-state index contributed by atoms with van der Waals surface area (Å²) in [6, 6.07) is 20.4. The second-order valence-corrected chi connectivity index (χ2v) is 22.9. The normalized spacial score (nSPS) is 13.6. The minimum atomic E-state index is -2.90. The molecule has 4 aromatic carbocycles. The van der Waals surface area contributed by atoms with Crippen LogP contribution in [0.4, 0.5) is 49.9 Å². The maximum absolute atomic E-state index is 13.7. The van der Waals surface area contributed by atoms with Crippen LogP contribution in [0.5, 0.6) is 11.8 Å². The number of carbonyl (C=O) groups is 4. The number of ether oxygens (including phenoxy) is 7. The van der Waals surface area contributed by atoms with Crippen LogP contribution in [0.1, 0.15) is 136 Å². The lowest BCUT2D eigenvalue weighted by Gasteiger charge is -2.24. The lowest BCUT2D eigenvalue weighted by Crippen LogP contribution is -2.41. The van der Waals surface area contributed by atoms with Crippen LogP contribution in [0.3, 0.4) is 0 Å². The number of carbonyl (C=O) groups excluding carboxylic acids is 4. The number of fused-ring (bicyclic) bond motifs is 2. The Morgan fingerprint density at radius 3 is 1.77 bits per heavy atom. The fourth-order valence-electron chi connectivity index (χ4n) is 8.52. The van der Waals surface area contributed by atoms with Gasteiger partial charge in [0, 0.05) is 41.3 Å². The second kappa shape index (κ2) is 30.1. The van der Waals surface area contributed by atoms with Gasteiger partial charge in [0.2, 0.25) is 17.7 Å². The van der Waals surface area contributed by atoms with E-state index in [0.29, 0.717) is 63.4 Å². The highest BCUT2D eigenvalue weighted by Crippen LogP contribution is 2.48. The molecule has 0 radical (unpaired) electrons. The minimum Gasteiger partial charge on any atom is -0.474 e. The Morgan fingerprint density at radius 1 is 0.761 bits per heavy atom. The van der Waals surface area contributed by atoms with E-state index >= 15 is 0 Å². The maximum Gasteiger partial charge on any atom is 0.508 e. The number of alkyl halides is 4. The molecule has 466 valence electrons. The fourth-order valence-corrected chi connectivity index (χ4v) is 9.25. The van der Waals surface area contributed by atoms with Crippen LogP contribution in [0.15, 0.2) is 77.8 Å². The molecular weight excluding hydrogens is 1190 g/mol. The molecule has 0 saturated carbocycles.